The normalized spacial score (nSPS) is 57.0. The highest BCUT2D eigenvalue weighted by molar-refractivity contribution is 4.92. The van der Waals surface area contributed by atoms with Gasteiger partial charge in [-0.2, -0.15) is 0 Å². The van der Waals surface area contributed by atoms with Gasteiger partial charge in [0.15, 0.2) is 0 Å². The standard InChI is InChI=1S/C6H10O/c1-4-5-2-6(4)7-3-5/h4-6H,2-3H2,1H3. The van der Waals surface area contributed by atoms with E-state index in [9.17, 15) is 0 Å². The summed E-state index contributed by atoms with van der Waals surface area (Å²) in [5.41, 5.74) is 0. The lowest BCUT2D eigenvalue weighted by Crippen LogP contribution is -2.30. The first-order valence-electron chi connectivity index (χ1n) is 2.99. The fraction of sp³-hybridized carbons (Fsp3) is 1.00. The summed E-state index contributed by atoms with van der Waals surface area (Å²) in [6.45, 7) is 3.33. The Morgan fingerprint density at radius 1 is 1.57 bits per heavy atom. The Kier molecular flexibility index (Phi) is 0.571. The minimum atomic E-state index is 0.657. The van der Waals surface area contributed by atoms with Crippen LogP contribution in [-0.4, -0.2) is 12.7 Å². The molecule has 0 amide bonds. The average Bonchev–Trinajstić information content (AvgIpc) is 2.18. The summed E-state index contributed by atoms with van der Waals surface area (Å²) >= 11 is 0. The van der Waals surface area contributed by atoms with Crippen LogP contribution in [0, 0.1) is 11.8 Å². The maximum atomic E-state index is 5.34. The zero-order chi connectivity index (χ0) is 4.85. The van der Waals surface area contributed by atoms with Gasteiger partial charge in [0.2, 0.25) is 0 Å². The molecule has 0 radical (unpaired) electrons. The summed E-state index contributed by atoms with van der Waals surface area (Å²) in [5.74, 6) is 1.82. The Labute approximate surface area is 43.7 Å². The number of ether oxygens (including phenoxy) is 1. The van der Waals surface area contributed by atoms with Gasteiger partial charge in [-0.15, -0.1) is 0 Å². The lowest BCUT2D eigenvalue weighted by molar-refractivity contribution is 0.0815. The van der Waals surface area contributed by atoms with E-state index in [1.165, 1.54) is 6.42 Å². The lowest BCUT2D eigenvalue weighted by atomic mass is 9.76. The second-order valence-corrected chi connectivity index (χ2v) is 2.73. The summed E-state index contributed by atoms with van der Waals surface area (Å²) in [6.07, 6.45) is 2.01. The SMILES string of the molecule is CC1C2COC1C2. The first-order valence-corrected chi connectivity index (χ1v) is 2.99. The fourth-order valence-corrected chi connectivity index (χ4v) is 1.52. The minimum Gasteiger partial charge on any atom is -0.378 e. The highest BCUT2D eigenvalue weighted by atomic mass is 16.5. The average molecular weight is 98.1 g/mol. The molecule has 0 aromatic rings. The van der Waals surface area contributed by atoms with Gasteiger partial charge >= 0.3 is 0 Å². The van der Waals surface area contributed by atoms with Gasteiger partial charge in [0.1, 0.15) is 0 Å². The molecule has 1 nitrogen and oxygen atoms in total. The molecule has 1 saturated carbocycles. The van der Waals surface area contributed by atoms with Gasteiger partial charge in [-0.1, -0.05) is 6.92 Å². The quantitative estimate of drug-likeness (QED) is 0.440. The van der Waals surface area contributed by atoms with E-state index in [2.05, 4.69) is 6.92 Å². The maximum absolute atomic E-state index is 5.34. The first-order chi connectivity index (χ1) is 3.38. The summed E-state index contributed by atoms with van der Waals surface area (Å²) in [4.78, 5) is 0. The van der Waals surface area contributed by atoms with E-state index in [4.69, 9.17) is 4.74 Å². The molecular formula is C6H10O. The van der Waals surface area contributed by atoms with Crippen LogP contribution in [0.1, 0.15) is 13.3 Å². The third kappa shape index (κ3) is 0.325. The van der Waals surface area contributed by atoms with E-state index in [1.807, 2.05) is 0 Å². The van der Waals surface area contributed by atoms with Crippen LogP contribution < -0.4 is 0 Å². The molecule has 1 heteroatoms. The van der Waals surface area contributed by atoms with E-state index < -0.39 is 0 Å². The van der Waals surface area contributed by atoms with Crippen molar-refractivity contribution in [3.05, 3.63) is 0 Å². The molecule has 0 aromatic heterocycles. The van der Waals surface area contributed by atoms with Gasteiger partial charge in [0, 0.05) is 0 Å². The fourth-order valence-electron chi connectivity index (χ4n) is 1.52. The van der Waals surface area contributed by atoms with E-state index in [1.54, 1.807) is 0 Å². The molecule has 2 bridgehead atoms. The second kappa shape index (κ2) is 1.03. The summed E-state index contributed by atoms with van der Waals surface area (Å²) in [7, 11) is 0. The number of hydrogen-bond acceptors (Lipinski definition) is 1. The van der Waals surface area contributed by atoms with Crippen LogP contribution in [0.5, 0.6) is 0 Å². The Morgan fingerprint density at radius 3 is 2.57 bits per heavy atom. The second-order valence-electron chi connectivity index (χ2n) is 2.73. The molecule has 3 aliphatic rings. The summed E-state index contributed by atoms with van der Waals surface area (Å²) < 4.78 is 5.34. The maximum Gasteiger partial charge on any atom is 0.0607 e. The molecular weight excluding hydrogens is 88.1 g/mol. The highest BCUT2D eigenvalue weighted by Crippen LogP contribution is 2.43. The largest absolute Gasteiger partial charge is 0.378 e. The molecule has 3 fully saturated rings. The Hall–Kier alpha value is -0.0400. The molecule has 1 aliphatic carbocycles. The van der Waals surface area contributed by atoms with Crippen LogP contribution in [0.25, 0.3) is 0 Å². The molecule has 0 spiro atoms. The van der Waals surface area contributed by atoms with Crippen LogP contribution >= 0.6 is 0 Å². The van der Waals surface area contributed by atoms with E-state index in [0.29, 0.717) is 6.10 Å². The van der Waals surface area contributed by atoms with Crippen molar-refractivity contribution in [2.45, 2.75) is 19.4 Å². The molecule has 0 aromatic carbocycles. The van der Waals surface area contributed by atoms with Crippen molar-refractivity contribution < 1.29 is 4.74 Å². The van der Waals surface area contributed by atoms with Crippen LogP contribution in [0.3, 0.4) is 0 Å². The summed E-state index contributed by atoms with van der Waals surface area (Å²) in [6, 6.07) is 0. The molecule has 3 atom stereocenters. The van der Waals surface area contributed by atoms with Crippen molar-refractivity contribution in [3.8, 4) is 0 Å². The van der Waals surface area contributed by atoms with Crippen molar-refractivity contribution in [1.82, 2.24) is 0 Å². The van der Waals surface area contributed by atoms with Crippen LogP contribution in [0.4, 0.5) is 0 Å². The van der Waals surface area contributed by atoms with Crippen molar-refractivity contribution in [2.75, 3.05) is 6.61 Å². The Balaban J connectivity index is 2.14. The van der Waals surface area contributed by atoms with Crippen LogP contribution in [-0.2, 0) is 4.74 Å². The zero-order valence-electron chi connectivity index (χ0n) is 4.55. The van der Waals surface area contributed by atoms with Gasteiger partial charge in [-0.25, -0.2) is 0 Å². The van der Waals surface area contributed by atoms with Gasteiger partial charge in [0.25, 0.3) is 0 Å². The molecule has 40 valence electrons. The number of fused-ring (bicyclic) bond motifs is 1. The van der Waals surface area contributed by atoms with Crippen molar-refractivity contribution in [1.29, 1.82) is 0 Å². The lowest BCUT2D eigenvalue weighted by Gasteiger charge is -2.28. The van der Waals surface area contributed by atoms with Crippen LogP contribution in [0.15, 0.2) is 0 Å². The molecule has 2 heterocycles. The summed E-state index contributed by atoms with van der Waals surface area (Å²) in [5, 5.41) is 0. The van der Waals surface area contributed by atoms with Crippen molar-refractivity contribution in [3.63, 3.8) is 0 Å². The van der Waals surface area contributed by atoms with Gasteiger partial charge in [-0.05, 0) is 18.3 Å². The third-order valence-corrected chi connectivity index (χ3v) is 2.39. The van der Waals surface area contributed by atoms with Gasteiger partial charge in [-0.3, -0.25) is 0 Å². The molecule has 0 N–H and O–H groups in total. The Morgan fingerprint density at radius 2 is 2.43 bits per heavy atom. The predicted molar refractivity (Wildman–Crippen MR) is 27.0 cm³/mol. The number of rotatable bonds is 0. The van der Waals surface area contributed by atoms with Crippen LogP contribution in [0.2, 0.25) is 0 Å². The minimum absolute atomic E-state index is 0.657. The smallest absolute Gasteiger partial charge is 0.0607 e. The van der Waals surface area contributed by atoms with E-state index in [0.717, 1.165) is 18.4 Å². The van der Waals surface area contributed by atoms with Crippen molar-refractivity contribution >= 4 is 0 Å². The molecule has 2 saturated heterocycles. The highest BCUT2D eigenvalue weighted by Gasteiger charge is 2.44. The predicted octanol–water partition coefficient (Wildman–Crippen LogP) is 1.04. The molecule has 2 aliphatic heterocycles. The van der Waals surface area contributed by atoms with Gasteiger partial charge in [0.05, 0.1) is 12.7 Å². The third-order valence-electron chi connectivity index (χ3n) is 2.39. The van der Waals surface area contributed by atoms with E-state index >= 15 is 0 Å². The van der Waals surface area contributed by atoms with Crippen molar-refractivity contribution in [2.24, 2.45) is 11.8 Å². The number of hydrogen-bond donors (Lipinski definition) is 0. The molecule has 7 heavy (non-hydrogen) atoms. The van der Waals surface area contributed by atoms with Gasteiger partial charge < -0.3 is 4.74 Å². The molecule has 3 unspecified atom stereocenters. The Bertz CT molecular complexity index is 76.2. The molecule has 3 rings (SSSR count). The van der Waals surface area contributed by atoms with E-state index in [-0.39, 0.29) is 0 Å². The monoisotopic (exact) mass is 98.1 g/mol. The zero-order valence-corrected chi connectivity index (χ0v) is 4.55. The topological polar surface area (TPSA) is 9.23 Å². The first kappa shape index (κ1) is 3.90.